The van der Waals surface area contributed by atoms with Crippen LogP contribution >= 0.6 is 11.8 Å². The fourth-order valence-corrected chi connectivity index (χ4v) is 4.65. The predicted molar refractivity (Wildman–Crippen MR) is 127 cm³/mol. The maximum Gasteiger partial charge on any atom is 0.288 e. The van der Waals surface area contributed by atoms with E-state index < -0.39 is 5.76 Å². The number of carbonyl (C=O) groups excluding carboxylic acids is 1. The third-order valence-electron chi connectivity index (χ3n) is 5.72. The molecule has 35 heavy (non-hydrogen) atoms. The van der Waals surface area contributed by atoms with E-state index >= 15 is 0 Å². The summed E-state index contributed by atoms with van der Waals surface area (Å²) in [6.07, 6.45) is 1.47. The lowest BCUT2D eigenvalue weighted by Gasteiger charge is -2.35. The van der Waals surface area contributed by atoms with E-state index in [1.807, 2.05) is 29.2 Å². The lowest BCUT2D eigenvalue weighted by atomic mass is 10.2. The molecule has 3 heterocycles. The highest BCUT2D eigenvalue weighted by Gasteiger charge is 2.27. The van der Waals surface area contributed by atoms with Crippen LogP contribution in [0.3, 0.4) is 0 Å². The number of hydrogen-bond acceptors (Lipinski definition) is 8. The van der Waals surface area contributed by atoms with E-state index in [0.717, 1.165) is 5.69 Å². The number of alkyl halides is 2. The van der Waals surface area contributed by atoms with Crippen molar-refractivity contribution in [1.29, 1.82) is 0 Å². The van der Waals surface area contributed by atoms with Gasteiger partial charge >= 0.3 is 0 Å². The number of hydrogen-bond donors (Lipinski definition) is 0. The minimum Gasteiger partial charge on any atom is -0.497 e. The summed E-state index contributed by atoms with van der Waals surface area (Å²) in [6.45, 7) is 1.85. The van der Waals surface area contributed by atoms with E-state index in [-0.39, 0.29) is 16.4 Å². The molecule has 1 fully saturated rings. The van der Waals surface area contributed by atoms with Gasteiger partial charge in [0.05, 0.1) is 18.4 Å². The minimum absolute atomic E-state index is 0.259. The van der Waals surface area contributed by atoms with Gasteiger partial charge in [-0.25, -0.2) is 9.97 Å². The topological polar surface area (TPSA) is 89.3 Å². The second-order valence-electron chi connectivity index (χ2n) is 7.73. The van der Waals surface area contributed by atoms with Crippen molar-refractivity contribution in [2.24, 2.45) is 0 Å². The number of anilines is 1. The minimum atomic E-state index is -2.59. The van der Waals surface area contributed by atoms with Crippen LogP contribution in [0.5, 0.6) is 5.75 Å². The van der Waals surface area contributed by atoms with E-state index in [9.17, 15) is 13.6 Å². The SMILES string of the molecule is COc1cccc(-n2nnc3c(N4CCN(C(=O)c5ccccc5SC(F)F)CC4)ncnc32)c1. The van der Waals surface area contributed by atoms with E-state index in [0.29, 0.717) is 60.7 Å². The quantitative estimate of drug-likeness (QED) is 0.374. The number of benzene rings is 2. The Balaban J connectivity index is 1.35. The Labute approximate surface area is 203 Å². The number of halogens is 2. The molecule has 1 aliphatic heterocycles. The first-order valence-electron chi connectivity index (χ1n) is 10.8. The monoisotopic (exact) mass is 497 g/mol. The molecule has 5 rings (SSSR count). The van der Waals surface area contributed by atoms with Crippen LogP contribution in [-0.2, 0) is 0 Å². The lowest BCUT2D eigenvalue weighted by Crippen LogP contribution is -2.49. The zero-order chi connectivity index (χ0) is 24.4. The van der Waals surface area contributed by atoms with Crippen molar-refractivity contribution >= 4 is 34.7 Å². The van der Waals surface area contributed by atoms with Gasteiger partial charge in [0.1, 0.15) is 12.1 Å². The third-order valence-corrected chi connectivity index (χ3v) is 6.50. The Hall–Kier alpha value is -3.80. The van der Waals surface area contributed by atoms with Crippen molar-refractivity contribution in [3.05, 3.63) is 60.4 Å². The number of fused-ring (bicyclic) bond motifs is 1. The van der Waals surface area contributed by atoms with Crippen LogP contribution in [-0.4, -0.2) is 74.8 Å². The Morgan fingerprint density at radius 3 is 2.63 bits per heavy atom. The highest BCUT2D eigenvalue weighted by molar-refractivity contribution is 7.99. The maximum absolute atomic E-state index is 13.1. The van der Waals surface area contributed by atoms with Crippen LogP contribution in [0.4, 0.5) is 14.6 Å². The summed E-state index contributed by atoms with van der Waals surface area (Å²) in [5.41, 5.74) is 2.15. The molecule has 0 bridgehead atoms. The number of thioether (sulfide) groups is 1. The van der Waals surface area contributed by atoms with E-state index in [1.165, 1.54) is 6.33 Å². The van der Waals surface area contributed by atoms with Crippen LogP contribution in [0.1, 0.15) is 10.4 Å². The summed E-state index contributed by atoms with van der Waals surface area (Å²) in [5.74, 6) is -1.53. The van der Waals surface area contributed by atoms with E-state index in [2.05, 4.69) is 20.3 Å². The first-order valence-corrected chi connectivity index (χ1v) is 11.7. The van der Waals surface area contributed by atoms with Crippen molar-refractivity contribution < 1.29 is 18.3 Å². The molecule has 0 radical (unpaired) electrons. The Kier molecular flexibility index (Phi) is 6.45. The average Bonchev–Trinajstić information content (AvgIpc) is 3.33. The third kappa shape index (κ3) is 4.61. The van der Waals surface area contributed by atoms with Crippen molar-refractivity contribution in [3.63, 3.8) is 0 Å². The first kappa shape index (κ1) is 23.0. The molecule has 1 aliphatic rings. The van der Waals surface area contributed by atoms with Gasteiger partial charge in [-0.1, -0.05) is 35.2 Å². The number of methoxy groups -OCH3 is 1. The van der Waals surface area contributed by atoms with Gasteiger partial charge < -0.3 is 14.5 Å². The van der Waals surface area contributed by atoms with Gasteiger partial charge in [-0.15, -0.1) is 5.10 Å². The molecule has 1 saturated heterocycles. The number of ether oxygens (including phenoxy) is 1. The molecule has 0 spiro atoms. The molecule has 4 aromatic rings. The second-order valence-corrected chi connectivity index (χ2v) is 8.76. The molecule has 0 N–H and O–H groups in total. The van der Waals surface area contributed by atoms with Crippen molar-refractivity contribution in [1.82, 2.24) is 29.9 Å². The standard InChI is InChI=1S/C23H21F2N7O2S/c1-34-16-6-4-5-15(13-16)32-21-19(28-29-32)20(26-14-27-21)30-9-11-31(12-10-30)22(33)17-7-2-3-8-18(17)35-23(24)25/h2-8,13-14,23H,9-12H2,1H3. The smallest absolute Gasteiger partial charge is 0.288 e. The average molecular weight is 498 g/mol. The summed E-state index contributed by atoms with van der Waals surface area (Å²) < 4.78 is 32.8. The van der Waals surface area contributed by atoms with Gasteiger partial charge in [0, 0.05) is 37.1 Å². The number of aromatic nitrogens is 5. The number of amides is 1. The molecule has 180 valence electrons. The van der Waals surface area contributed by atoms with Gasteiger partial charge in [-0.2, -0.15) is 13.5 Å². The number of piperazine rings is 1. The predicted octanol–water partition coefficient (Wildman–Crippen LogP) is 3.50. The molecule has 2 aromatic heterocycles. The van der Waals surface area contributed by atoms with Crippen LogP contribution in [0, 0.1) is 0 Å². The Morgan fingerprint density at radius 2 is 1.86 bits per heavy atom. The van der Waals surface area contributed by atoms with Crippen molar-refractivity contribution in [2.45, 2.75) is 10.7 Å². The lowest BCUT2D eigenvalue weighted by molar-refractivity contribution is 0.0743. The number of carbonyl (C=O) groups is 1. The van der Waals surface area contributed by atoms with E-state index in [4.69, 9.17) is 4.74 Å². The highest BCUT2D eigenvalue weighted by atomic mass is 32.2. The van der Waals surface area contributed by atoms with Gasteiger partial charge in [0.25, 0.3) is 11.7 Å². The zero-order valence-corrected chi connectivity index (χ0v) is 19.5. The summed E-state index contributed by atoms with van der Waals surface area (Å²) in [4.78, 5) is 25.8. The first-order chi connectivity index (χ1) is 17.0. The fraction of sp³-hybridized carbons (Fsp3) is 0.261. The molecule has 0 atom stereocenters. The normalized spacial score (nSPS) is 14.1. The van der Waals surface area contributed by atoms with Crippen molar-refractivity contribution in [3.8, 4) is 11.4 Å². The van der Waals surface area contributed by atoms with Gasteiger partial charge in [0.15, 0.2) is 17.0 Å². The largest absolute Gasteiger partial charge is 0.497 e. The molecule has 0 aliphatic carbocycles. The van der Waals surface area contributed by atoms with Gasteiger partial charge in [-0.05, 0) is 24.3 Å². The fourth-order valence-electron chi connectivity index (χ4n) is 4.02. The van der Waals surface area contributed by atoms with Gasteiger partial charge in [-0.3, -0.25) is 4.79 Å². The summed E-state index contributed by atoms with van der Waals surface area (Å²) in [6, 6.07) is 13.9. The van der Waals surface area contributed by atoms with Crippen LogP contribution in [0.25, 0.3) is 16.9 Å². The van der Waals surface area contributed by atoms with Crippen LogP contribution < -0.4 is 9.64 Å². The number of nitrogens with zero attached hydrogens (tertiary/aromatic N) is 7. The molecule has 1 amide bonds. The highest BCUT2D eigenvalue weighted by Crippen LogP contribution is 2.30. The number of rotatable bonds is 6. The molecule has 9 nitrogen and oxygen atoms in total. The molecular formula is C23H21F2N7O2S. The maximum atomic E-state index is 13.1. The summed E-state index contributed by atoms with van der Waals surface area (Å²) in [5, 5.41) is 8.58. The Morgan fingerprint density at radius 1 is 1.06 bits per heavy atom. The molecule has 2 aromatic carbocycles. The van der Waals surface area contributed by atoms with Crippen molar-refractivity contribution in [2.75, 3.05) is 38.2 Å². The summed E-state index contributed by atoms with van der Waals surface area (Å²) in [7, 11) is 1.60. The Bertz CT molecular complexity index is 1360. The van der Waals surface area contributed by atoms with Crippen LogP contribution in [0.15, 0.2) is 59.8 Å². The second kappa shape index (κ2) is 9.82. The van der Waals surface area contributed by atoms with E-state index in [1.54, 1.807) is 41.0 Å². The molecular weight excluding hydrogens is 476 g/mol. The van der Waals surface area contributed by atoms with Crippen LogP contribution in [0.2, 0.25) is 0 Å². The molecule has 12 heteroatoms. The zero-order valence-electron chi connectivity index (χ0n) is 18.7. The summed E-state index contributed by atoms with van der Waals surface area (Å²) >= 11 is 0.385. The molecule has 0 unspecified atom stereocenters. The molecule has 0 saturated carbocycles. The van der Waals surface area contributed by atoms with Gasteiger partial charge in [0.2, 0.25) is 0 Å².